The van der Waals surface area contributed by atoms with Gasteiger partial charge in [-0.25, -0.2) is 5.48 Å². The molecule has 8 heteroatoms. The summed E-state index contributed by atoms with van der Waals surface area (Å²) in [7, 11) is 0. The summed E-state index contributed by atoms with van der Waals surface area (Å²) >= 11 is 0. The van der Waals surface area contributed by atoms with E-state index in [0.29, 0.717) is 37.0 Å². The van der Waals surface area contributed by atoms with E-state index in [0.717, 1.165) is 44.9 Å². The number of hydrogen-bond donors (Lipinski definition) is 2. The second-order valence-corrected chi connectivity index (χ2v) is 8.78. The van der Waals surface area contributed by atoms with E-state index in [1.165, 1.54) is 0 Å². The van der Waals surface area contributed by atoms with Crippen LogP contribution in [0.3, 0.4) is 0 Å². The van der Waals surface area contributed by atoms with Crippen LogP contribution in [0.25, 0.3) is 11.1 Å². The Bertz CT molecular complexity index is 1380. The van der Waals surface area contributed by atoms with Crippen LogP contribution >= 0.6 is 0 Å². The van der Waals surface area contributed by atoms with E-state index >= 15 is 0 Å². The number of aryl methyl sites for hydroxylation is 1. The van der Waals surface area contributed by atoms with Crippen LogP contribution in [0.2, 0.25) is 0 Å². The van der Waals surface area contributed by atoms with E-state index in [-0.39, 0.29) is 13.2 Å². The van der Waals surface area contributed by atoms with Gasteiger partial charge in [-0.05, 0) is 59.9 Å². The third-order valence-electron chi connectivity index (χ3n) is 6.30. The zero-order valence-corrected chi connectivity index (χ0v) is 20.9. The Morgan fingerprint density at radius 1 is 0.892 bits per heavy atom. The van der Waals surface area contributed by atoms with Gasteiger partial charge in [0.05, 0.1) is 11.9 Å². The minimum Gasteiger partial charge on any atom is -0.488 e. The second-order valence-electron chi connectivity index (χ2n) is 8.78. The first-order valence-corrected chi connectivity index (χ1v) is 12.1. The van der Waals surface area contributed by atoms with Crippen LogP contribution in [0.5, 0.6) is 23.0 Å². The average Bonchev–Trinajstić information content (AvgIpc) is 2.93. The van der Waals surface area contributed by atoms with Crippen LogP contribution < -0.4 is 24.4 Å². The molecule has 1 aliphatic heterocycles. The molecule has 4 aromatic rings. The van der Waals surface area contributed by atoms with E-state index in [2.05, 4.69) is 40.6 Å². The maximum absolute atomic E-state index is 9.28. The molecule has 8 nitrogen and oxygen atoms in total. The summed E-state index contributed by atoms with van der Waals surface area (Å²) in [6.45, 7) is 6.10. The van der Waals surface area contributed by atoms with Crippen molar-refractivity contribution in [2.45, 2.75) is 33.6 Å². The van der Waals surface area contributed by atoms with Crippen LogP contribution in [0.1, 0.15) is 27.9 Å². The van der Waals surface area contributed by atoms with Gasteiger partial charge in [0.2, 0.25) is 0 Å². The third-order valence-corrected chi connectivity index (χ3v) is 6.30. The average molecular weight is 500 g/mol. The molecule has 0 spiro atoms. The molecule has 0 radical (unpaired) electrons. The van der Waals surface area contributed by atoms with Gasteiger partial charge in [0.1, 0.15) is 37.9 Å². The Hall–Kier alpha value is -4.14. The number of aromatic nitrogens is 2. The summed E-state index contributed by atoms with van der Waals surface area (Å²) in [5, 5.41) is 9.28. The normalized spacial score (nSPS) is 12.3. The molecule has 0 amide bonds. The van der Waals surface area contributed by atoms with Gasteiger partial charge in [-0.2, -0.15) is 0 Å². The summed E-state index contributed by atoms with van der Waals surface area (Å²) in [6, 6.07) is 16.1. The van der Waals surface area contributed by atoms with Crippen molar-refractivity contribution in [3.05, 3.63) is 95.1 Å². The monoisotopic (exact) mass is 499 g/mol. The predicted molar refractivity (Wildman–Crippen MR) is 138 cm³/mol. The quantitative estimate of drug-likeness (QED) is 0.305. The fourth-order valence-corrected chi connectivity index (χ4v) is 4.32. The van der Waals surface area contributed by atoms with E-state index in [4.69, 9.17) is 18.9 Å². The number of rotatable bonds is 9. The molecule has 2 N–H and O–H groups in total. The number of ether oxygens (including phenoxy) is 4. The summed E-state index contributed by atoms with van der Waals surface area (Å²) < 4.78 is 23.7. The van der Waals surface area contributed by atoms with Crippen molar-refractivity contribution in [1.82, 2.24) is 15.4 Å². The van der Waals surface area contributed by atoms with Crippen LogP contribution in [0.15, 0.2) is 67.1 Å². The summed E-state index contributed by atoms with van der Waals surface area (Å²) in [5.41, 5.74) is 9.08. The lowest BCUT2D eigenvalue weighted by Crippen LogP contribution is -2.15. The lowest BCUT2D eigenvalue weighted by Gasteiger charge is -2.20. The van der Waals surface area contributed by atoms with Crippen LogP contribution in [0, 0.1) is 13.8 Å². The minimum atomic E-state index is 0.244. The van der Waals surface area contributed by atoms with Crippen molar-refractivity contribution in [2.75, 3.05) is 13.2 Å². The number of nitrogens with zero attached hydrogens (tertiary/aromatic N) is 2. The second kappa shape index (κ2) is 11.3. The van der Waals surface area contributed by atoms with E-state index < -0.39 is 0 Å². The molecule has 0 saturated carbocycles. The Morgan fingerprint density at radius 2 is 1.73 bits per heavy atom. The lowest BCUT2D eigenvalue weighted by molar-refractivity contribution is 0.159. The van der Waals surface area contributed by atoms with Crippen LogP contribution in [-0.2, 0) is 19.8 Å². The standard InChI is InChI=1S/C29H29N3O5/c1-19-12-23(15-32-33)28(37-18-24-16-30-8-9-31-24)14-27(19)36-17-22-4-3-5-25(20(22)2)21-6-7-26-29(13-21)35-11-10-34-26/h3-9,12-14,16,32-33H,10-11,15,17-18H2,1-2H3. The highest BCUT2D eigenvalue weighted by molar-refractivity contribution is 5.71. The number of hydrogen-bond acceptors (Lipinski definition) is 8. The van der Waals surface area contributed by atoms with Gasteiger partial charge in [-0.15, -0.1) is 0 Å². The molecule has 0 unspecified atom stereocenters. The topological polar surface area (TPSA) is 95.0 Å². The number of fused-ring (bicyclic) bond motifs is 1. The minimum absolute atomic E-state index is 0.244. The van der Waals surface area contributed by atoms with Gasteiger partial charge < -0.3 is 24.2 Å². The van der Waals surface area contributed by atoms with Crippen molar-refractivity contribution in [1.29, 1.82) is 0 Å². The van der Waals surface area contributed by atoms with Crippen molar-refractivity contribution in [2.24, 2.45) is 0 Å². The number of hydroxylamine groups is 1. The zero-order chi connectivity index (χ0) is 25.6. The first kappa shape index (κ1) is 24.5. The first-order valence-electron chi connectivity index (χ1n) is 12.1. The molecular weight excluding hydrogens is 470 g/mol. The van der Waals surface area contributed by atoms with Crippen LogP contribution in [-0.4, -0.2) is 28.4 Å². The number of benzene rings is 3. The maximum atomic E-state index is 9.28. The Balaban J connectivity index is 1.35. The molecule has 0 bridgehead atoms. The van der Waals surface area contributed by atoms with Crippen LogP contribution in [0.4, 0.5) is 0 Å². The molecule has 0 fully saturated rings. The Kier molecular flexibility index (Phi) is 7.49. The molecule has 1 aromatic heterocycles. The predicted octanol–water partition coefficient (Wildman–Crippen LogP) is 5.17. The number of nitrogens with one attached hydrogen (secondary N) is 1. The third kappa shape index (κ3) is 5.66. The van der Waals surface area contributed by atoms with Gasteiger partial charge in [-0.1, -0.05) is 24.3 Å². The highest BCUT2D eigenvalue weighted by Gasteiger charge is 2.15. The van der Waals surface area contributed by atoms with E-state index in [1.807, 2.05) is 37.3 Å². The fraction of sp³-hybridized carbons (Fsp3) is 0.241. The van der Waals surface area contributed by atoms with Gasteiger partial charge >= 0.3 is 0 Å². The molecule has 190 valence electrons. The zero-order valence-electron chi connectivity index (χ0n) is 20.9. The molecule has 37 heavy (non-hydrogen) atoms. The van der Waals surface area contributed by atoms with Crippen molar-refractivity contribution in [3.63, 3.8) is 0 Å². The van der Waals surface area contributed by atoms with Crippen molar-refractivity contribution < 1.29 is 24.2 Å². The van der Waals surface area contributed by atoms with Gasteiger partial charge in [-0.3, -0.25) is 9.97 Å². The van der Waals surface area contributed by atoms with Gasteiger partial charge in [0.15, 0.2) is 11.5 Å². The van der Waals surface area contributed by atoms with Crippen molar-refractivity contribution >= 4 is 0 Å². The molecular formula is C29H29N3O5. The van der Waals surface area contributed by atoms with Gasteiger partial charge in [0, 0.05) is 30.6 Å². The molecule has 5 rings (SSSR count). The molecule has 2 heterocycles. The Labute approximate surface area is 215 Å². The summed E-state index contributed by atoms with van der Waals surface area (Å²) in [6.07, 6.45) is 4.90. The van der Waals surface area contributed by atoms with Gasteiger partial charge in [0.25, 0.3) is 0 Å². The largest absolute Gasteiger partial charge is 0.488 e. The highest BCUT2D eigenvalue weighted by atomic mass is 16.6. The smallest absolute Gasteiger partial charge is 0.161 e. The molecule has 0 atom stereocenters. The summed E-state index contributed by atoms with van der Waals surface area (Å²) in [5.74, 6) is 2.86. The molecule has 1 aliphatic rings. The maximum Gasteiger partial charge on any atom is 0.161 e. The highest BCUT2D eigenvalue weighted by Crippen LogP contribution is 2.36. The SMILES string of the molecule is Cc1cc(CNO)c(OCc2cnccn2)cc1OCc1cccc(-c2ccc3c(c2)OCCO3)c1C. The van der Waals surface area contributed by atoms with E-state index in [1.54, 1.807) is 18.6 Å². The van der Waals surface area contributed by atoms with E-state index in [9.17, 15) is 5.21 Å². The molecule has 0 aliphatic carbocycles. The summed E-state index contributed by atoms with van der Waals surface area (Å²) in [4.78, 5) is 8.33. The Morgan fingerprint density at radius 3 is 2.54 bits per heavy atom. The molecule has 3 aromatic carbocycles. The molecule has 0 saturated heterocycles. The van der Waals surface area contributed by atoms with Crippen molar-refractivity contribution in [3.8, 4) is 34.1 Å². The lowest BCUT2D eigenvalue weighted by atomic mass is 9.96. The first-order chi connectivity index (χ1) is 18.1. The fourth-order valence-electron chi connectivity index (χ4n) is 4.32.